The van der Waals surface area contributed by atoms with E-state index in [9.17, 15) is 9.59 Å². The molecule has 6 N–H and O–H groups in total. The molecule has 0 aromatic carbocycles. The third-order valence-corrected chi connectivity index (χ3v) is 2.47. The van der Waals surface area contributed by atoms with Gasteiger partial charge in [0.1, 0.15) is 6.10 Å². The summed E-state index contributed by atoms with van der Waals surface area (Å²) in [6.07, 6.45) is 1.07. The molecular weight excluding hydrogens is 198 g/mol. The molecule has 1 rings (SSSR count). The van der Waals surface area contributed by atoms with Gasteiger partial charge in [0.05, 0.1) is 6.54 Å². The van der Waals surface area contributed by atoms with Crippen molar-refractivity contribution < 1.29 is 14.7 Å². The molecule has 0 heterocycles. The van der Waals surface area contributed by atoms with Crippen molar-refractivity contribution in [1.29, 1.82) is 0 Å². The monoisotopic (exact) mass is 215 g/mol. The second-order valence-electron chi connectivity index (χ2n) is 3.93. The van der Waals surface area contributed by atoms with Crippen LogP contribution in [0.3, 0.4) is 0 Å². The topological polar surface area (TPSA) is 118 Å². The molecule has 6 nitrogen and oxygen atoms in total. The van der Waals surface area contributed by atoms with Gasteiger partial charge in [-0.25, -0.2) is 0 Å². The Morgan fingerprint density at radius 2 is 2.07 bits per heavy atom. The first kappa shape index (κ1) is 11.9. The van der Waals surface area contributed by atoms with E-state index >= 15 is 0 Å². The Kier molecular flexibility index (Phi) is 4.05. The Hall–Kier alpha value is -1.14. The first-order valence-electron chi connectivity index (χ1n) is 5.00. The number of primary amides is 1. The summed E-state index contributed by atoms with van der Waals surface area (Å²) < 4.78 is 0. The standard InChI is InChI=1S/C9H17N3O3/c10-6(5-1-2-5)3-8(14)12-4-7(13)9(11)15/h5-7,13H,1-4,10H2,(H2,11,15)(H,12,14). The van der Waals surface area contributed by atoms with Crippen molar-refractivity contribution in [3.8, 4) is 0 Å². The van der Waals surface area contributed by atoms with E-state index in [1.807, 2.05) is 0 Å². The number of nitrogens with one attached hydrogen (secondary N) is 1. The van der Waals surface area contributed by atoms with E-state index in [2.05, 4.69) is 5.32 Å². The van der Waals surface area contributed by atoms with Crippen LogP contribution in [0.5, 0.6) is 0 Å². The SMILES string of the molecule is NC(=O)C(O)CNC(=O)CC(N)C1CC1. The van der Waals surface area contributed by atoms with Crippen molar-refractivity contribution in [3.63, 3.8) is 0 Å². The van der Waals surface area contributed by atoms with Crippen LogP contribution in [0, 0.1) is 5.92 Å². The van der Waals surface area contributed by atoms with Crippen LogP contribution in [0.2, 0.25) is 0 Å². The normalized spacial score (nSPS) is 19.3. The Morgan fingerprint density at radius 3 is 2.53 bits per heavy atom. The smallest absolute Gasteiger partial charge is 0.248 e. The molecular formula is C9H17N3O3. The van der Waals surface area contributed by atoms with E-state index in [0.717, 1.165) is 12.8 Å². The lowest BCUT2D eigenvalue weighted by molar-refractivity contribution is -0.127. The maximum absolute atomic E-state index is 11.3. The zero-order valence-electron chi connectivity index (χ0n) is 8.48. The molecule has 1 aliphatic carbocycles. The van der Waals surface area contributed by atoms with Crippen molar-refractivity contribution in [1.82, 2.24) is 5.32 Å². The molecule has 2 amide bonds. The Morgan fingerprint density at radius 1 is 1.47 bits per heavy atom. The van der Waals surface area contributed by atoms with Gasteiger partial charge in [0.15, 0.2) is 0 Å². The van der Waals surface area contributed by atoms with E-state index < -0.39 is 12.0 Å². The summed E-state index contributed by atoms with van der Waals surface area (Å²) in [7, 11) is 0. The predicted molar refractivity (Wildman–Crippen MR) is 53.5 cm³/mol. The van der Waals surface area contributed by atoms with E-state index in [1.165, 1.54) is 0 Å². The van der Waals surface area contributed by atoms with Gasteiger partial charge in [0, 0.05) is 12.5 Å². The van der Waals surface area contributed by atoms with Crippen LogP contribution >= 0.6 is 0 Å². The van der Waals surface area contributed by atoms with Crippen LogP contribution in [0.15, 0.2) is 0 Å². The zero-order valence-corrected chi connectivity index (χ0v) is 8.48. The average molecular weight is 215 g/mol. The van der Waals surface area contributed by atoms with Gasteiger partial charge in [-0.2, -0.15) is 0 Å². The summed E-state index contributed by atoms with van der Waals surface area (Å²) in [5.74, 6) is -0.645. The number of carbonyl (C=O) groups excluding carboxylic acids is 2. The number of carbonyl (C=O) groups is 2. The summed E-state index contributed by atoms with van der Waals surface area (Å²) in [6, 6.07) is -0.115. The molecule has 0 radical (unpaired) electrons. The first-order chi connectivity index (χ1) is 7.00. The summed E-state index contributed by atoms with van der Waals surface area (Å²) in [4.78, 5) is 21.7. The molecule has 0 spiro atoms. The van der Waals surface area contributed by atoms with Crippen LogP contribution in [0.4, 0.5) is 0 Å². The average Bonchev–Trinajstić information content (AvgIpc) is 2.96. The number of aliphatic hydroxyl groups is 1. The third-order valence-electron chi connectivity index (χ3n) is 2.47. The summed E-state index contributed by atoms with van der Waals surface area (Å²) >= 11 is 0. The molecule has 86 valence electrons. The second-order valence-corrected chi connectivity index (χ2v) is 3.93. The Labute approximate surface area is 88.0 Å². The maximum Gasteiger partial charge on any atom is 0.248 e. The number of hydrogen-bond acceptors (Lipinski definition) is 4. The quantitative estimate of drug-likeness (QED) is 0.413. The minimum Gasteiger partial charge on any atom is -0.381 e. The van der Waals surface area contributed by atoms with E-state index in [4.69, 9.17) is 16.6 Å². The van der Waals surface area contributed by atoms with Gasteiger partial charge in [-0.15, -0.1) is 0 Å². The molecule has 2 unspecified atom stereocenters. The van der Waals surface area contributed by atoms with Gasteiger partial charge >= 0.3 is 0 Å². The highest BCUT2D eigenvalue weighted by Crippen LogP contribution is 2.32. The van der Waals surface area contributed by atoms with Crippen LogP contribution in [0.1, 0.15) is 19.3 Å². The fourth-order valence-corrected chi connectivity index (χ4v) is 1.29. The third kappa shape index (κ3) is 4.26. The predicted octanol–water partition coefficient (Wildman–Crippen LogP) is -1.92. The number of nitrogens with two attached hydrogens (primary N) is 2. The molecule has 6 heteroatoms. The molecule has 0 aromatic rings. The van der Waals surface area contributed by atoms with Gasteiger partial charge in [0.2, 0.25) is 11.8 Å². The molecule has 2 atom stereocenters. The molecule has 1 saturated carbocycles. The summed E-state index contributed by atoms with van der Waals surface area (Å²) in [6.45, 7) is -0.147. The fourth-order valence-electron chi connectivity index (χ4n) is 1.29. The highest BCUT2D eigenvalue weighted by molar-refractivity contribution is 5.81. The number of aliphatic hydroxyl groups excluding tert-OH is 1. The highest BCUT2D eigenvalue weighted by Gasteiger charge is 2.29. The second kappa shape index (κ2) is 5.09. The van der Waals surface area contributed by atoms with Crippen molar-refractivity contribution in [2.24, 2.45) is 17.4 Å². The van der Waals surface area contributed by atoms with Gasteiger partial charge in [-0.1, -0.05) is 0 Å². The fraction of sp³-hybridized carbons (Fsp3) is 0.778. The molecule has 15 heavy (non-hydrogen) atoms. The minimum absolute atomic E-state index is 0.115. The molecule has 0 aromatic heterocycles. The molecule has 0 aliphatic heterocycles. The number of rotatable bonds is 6. The molecule has 0 bridgehead atoms. The highest BCUT2D eigenvalue weighted by atomic mass is 16.3. The Bertz CT molecular complexity index is 253. The molecule has 0 saturated heterocycles. The molecule has 1 aliphatic rings. The molecule has 1 fully saturated rings. The van der Waals surface area contributed by atoms with Crippen molar-refractivity contribution >= 4 is 11.8 Å². The maximum atomic E-state index is 11.3. The largest absolute Gasteiger partial charge is 0.381 e. The van der Waals surface area contributed by atoms with E-state index in [0.29, 0.717) is 5.92 Å². The van der Waals surface area contributed by atoms with Crippen LogP contribution < -0.4 is 16.8 Å². The summed E-state index contributed by atoms with van der Waals surface area (Å²) in [5.41, 5.74) is 10.5. The minimum atomic E-state index is -1.33. The number of hydrogen-bond donors (Lipinski definition) is 4. The van der Waals surface area contributed by atoms with Crippen molar-refractivity contribution in [2.75, 3.05) is 6.54 Å². The zero-order chi connectivity index (χ0) is 11.4. The van der Waals surface area contributed by atoms with Crippen molar-refractivity contribution in [3.05, 3.63) is 0 Å². The van der Waals surface area contributed by atoms with Crippen LogP contribution in [-0.4, -0.2) is 35.6 Å². The lowest BCUT2D eigenvalue weighted by Gasteiger charge is -2.11. The van der Waals surface area contributed by atoms with Crippen LogP contribution in [-0.2, 0) is 9.59 Å². The lowest BCUT2D eigenvalue weighted by Crippen LogP contribution is -2.41. The van der Waals surface area contributed by atoms with Crippen LogP contribution in [0.25, 0.3) is 0 Å². The van der Waals surface area contributed by atoms with Gasteiger partial charge < -0.3 is 21.9 Å². The van der Waals surface area contributed by atoms with Gasteiger partial charge in [-0.05, 0) is 18.8 Å². The van der Waals surface area contributed by atoms with Gasteiger partial charge in [-0.3, -0.25) is 9.59 Å². The van der Waals surface area contributed by atoms with Gasteiger partial charge in [0.25, 0.3) is 0 Å². The van der Waals surface area contributed by atoms with Crippen molar-refractivity contribution in [2.45, 2.75) is 31.4 Å². The number of amides is 2. The first-order valence-corrected chi connectivity index (χ1v) is 5.00. The summed E-state index contributed by atoms with van der Waals surface area (Å²) in [5, 5.41) is 11.4. The van der Waals surface area contributed by atoms with E-state index in [1.54, 1.807) is 0 Å². The lowest BCUT2D eigenvalue weighted by atomic mass is 10.1. The Balaban J connectivity index is 2.15. The van der Waals surface area contributed by atoms with E-state index in [-0.39, 0.29) is 24.9 Å².